The second-order valence-corrected chi connectivity index (χ2v) is 8.84. The third-order valence-corrected chi connectivity index (χ3v) is 6.37. The SMILES string of the molecule is O=C(NC(=O)c1ccccc1Cl)Nc1cc(Cl)c(Oc2cc(Cl)c(Cl)cc2Cl)c(Cl)c1Cl. The average Bonchev–Trinajstić information content (AvgIpc) is 2.73. The van der Waals surface area contributed by atoms with E-state index in [2.05, 4.69) is 10.6 Å². The van der Waals surface area contributed by atoms with Gasteiger partial charge in [-0.2, -0.15) is 0 Å². The number of anilines is 1. The Bertz CT molecular complexity index is 1230. The molecule has 3 aromatic carbocycles. The van der Waals surface area contributed by atoms with Crippen molar-refractivity contribution >= 4 is 98.8 Å². The van der Waals surface area contributed by atoms with Crippen LogP contribution in [-0.4, -0.2) is 11.9 Å². The number of hydrogen-bond donors (Lipinski definition) is 2. The molecule has 0 aliphatic rings. The zero-order chi connectivity index (χ0) is 23.6. The minimum Gasteiger partial charge on any atom is -0.453 e. The van der Waals surface area contributed by atoms with E-state index in [0.717, 1.165) is 0 Å². The van der Waals surface area contributed by atoms with Crippen LogP contribution in [0.1, 0.15) is 10.4 Å². The van der Waals surface area contributed by atoms with Gasteiger partial charge in [-0.05, 0) is 24.3 Å². The van der Waals surface area contributed by atoms with E-state index in [1.807, 2.05) is 0 Å². The molecule has 5 nitrogen and oxygen atoms in total. The summed E-state index contributed by atoms with van der Waals surface area (Å²) in [5, 5.41) is 5.08. The van der Waals surface area contributed by atoms with Crippen LogP contribution < -0.4 is 15.4 Å². The molecule has 0 spiro atoms. The summed E-state index contributed by atoms with van der Waals surface area (Å²) in [4.78, 5) is 24.5. The van der Waals surface area contributed by atoms with Crippen LogP contribution in [-0.2, 0) is 0 Å². The van der Waals surface area contributed by atoms with E-state index in [4.69, 9.17) is 85.9 Å². The van der Waals surface area contributed by atoms with E-state index in [9.17, 15) is 9.59 Å². The van der Waals surface area contributed by atoms with Gasteiger partial charge in [0.1, 0.15) is 10.8 Å². The molecule has 0 aromatic heterocycles. The summed E-state index contributed by atoms with van der Waals surface area (Å²) in [7, 11) is 0. The van der Waals surface area contributed by atoms with Gasteiger partial charge in [-0.25, -0.2) is 4.79 Å². The Morgan fingerprint density at radius 3 is 2.06 bits per heavy atom. The molecule has 3 rings (SSSR count). The van der Waals surface area contributed by atoms with Crippen molar-refractivity contribution in [2.75, 3.05) is 5.32 Å². The fraction of sp³-hybridized carbons (Fsp3) is 0. The summed E-state index contributed by atoms with van der Waals surface area (Å²) in [6.07, 6.45) is 0. The van der Waals surface area contributed by atoms with Crippen LogP contribution in [0.5, 0.6) is 11.5 Å². The number of halogens is 7. The Morgan fingerprint density at radius 1 is 0.719 bits per heavy atom. The molecule has 0 aliphatic heterocycles. The van der Waals surface area contributed by atoms with Gasteiger partial charge < -0.3 is 10.1 Å². The second-order valence-electron chi connectivity index (χ2n) is 6.05. The van der Waals surface area contributed by atoms with Crippen molar-refractivity contribution in [2.45, 2.75) is 0 Å². The highest BCUT2D eigenvalue weighted by atomic mass is 35.5. The molecule has 0 heterocycles. The van der Waals surface area contributed by atoms with Crippen molar-refractivity contribution in [3.05, 3.63) is 83.2 Å². The Morgan fingerprint density at radius 2 is 1.38 bits per heavy atom. The van der Waals surface area contributed by atoms with Gasteiger partial charge in [-0.1, -0.05) is 93.3 Å². The summed E-state index contributed by atoms with van der Waals surface area (Å²) in [6.45, 7) is 0. The predicted molar refractivity (Wildman–Crippen MR) is 131 cm³/mol. The molecular weight excluding hydrogens is 564 g/mol. The lowest BCUT2D eigenvalue weighted by molar-refractivity contribution is 0.0967. The highest BCUT2D eigenvalue weighted by molar-refractivity contribution is 6.47. The maximum Gasteiger partial charge on any atom is 0.326 e. The Hall–Kier alpha value is -1.57. The molecule has 0 radical (unpaired) electrons. The highest BCUT2D eigenvalue weighted by Gasteiger charge is 2.21. The molecule has 0 saturated carbocycles. The first-order chi connectivity index (χ1) is 15.1. The van der Waals surface area contributed by atoms with Crippen LogP contribution >= 0.6 is 81.2 Å². The summed E-state index contributed by atoms with van der Waals surface area (Å²) >= 11 is 42.8. The largest absolute Gasteiger partial charge is 0.453 e. The van der Waals surface area contributed by atoms with Crippen molar-refractivity contribution in [1.29, 1.82) is 0 Å². The first-order valence-electron chi connectivity index (χ1n) is 8.45. The number of nitrogens with one attached hydrogen (secondary N) is 2. The van der Waals surface area contributed by atoms with E-state index in [1.54, 1.807) is 12.1 Å². The maximum atomic E-state index is 12.3. The van der Waals surface area contributed by atoms with Crippen molar-refractivity contribution in [3.63, 3.8) is 0 Å². The van der Waals surface area contributed by atoms with Gasteiger partial charge in [0, 0.05) is 6.07 Å². The van der Waals surface area contributed by atoms with Gasteiger partial charge in [-0.15, -0.1) is 0 Å². The highest BCUT2D eigenvalue weighted by Crippen LogP contribution is 2.46. The number of hydrogen-bond acceptors (Lipinski definition) is 3. The summed E-state index contributed by atoms with van der Waals surface area (Å²) in [5.41, 5.74) is 0.146. The minimum atomic E-state index is -0.884. The van der Waals surface area contributed by atoms with E-state index in [0.29, 0.717) is 0 Å². The van der Waals surface area contributed by atoms with E-state index < -0.39 is 11.9 Å². The third-order valence-electron chi connectivity index (χ3n) is 3.90. The minimum absolute atomic E-state index is 0.00531. The van der Waals surface area contributed by atoms with Crippen molar-refractivity contribution < 1.29 is 14.3 Å². The molecule has 166 valence electrons. The van der Waals surface area contributed by atoms with E-state index >= 15 is 0 Å². The zero-order valence-corrected chi connectivity index (χ0v) is 20.7. The number of ether oxygens (including phenoxy) is 1. The monoisotopic (exact) mass is 570 g/mol. The standard InChI is InChI=1S/C20H9Cl7N2O3/c21-9-4-2-1-3-8(9)19(30)29-20(31)28-14-6-13(25)18(17(27)16(14)26)32-15-7-11(23)10(22)5-12(15)24/h1-7H,(H2,28,29,30,31). The molecule has 0 saturated heterocycles. The Kier molecular flexibility index (Phi) is 8.28. The second kappa shape index (κ2) is 10.6. The van der Waals surface area contributed by atoms with Crippen LogP contribution in [0, 0.1) is 0 Å². The molecule has 12 heteroatoms. The lowest BCUT2D eigenvalue weighted by Crippen LogP contribution is -2.34. The molecule has 0 atom stereocenters. The normalized spacial score (nSPS) is 10.6. The Balaban J connectivity index is 1.81. The quantitative estimate of drug-likeness (QED) is 0.306. The fourth-order valence-corrected chi connectivity index (χ4v) is 3.94. The molecule has 3 amide bonds. The van der Waals surface area contributed by atoms with Gasteiger partial charge >= 0.3 is 6.03 Å². The van der Waals surface area contributed by atoms with Crippen molar-refractivity contribution in [2.24, 2.45) is 0 Å². The van der Waals surface area contributed by atoms with Gasteiger partial charge in [-0.3, -0.25) is 10.1 Å². The first-order valence-corrected chi connectivity index (χ1v) is 11.1. The van der Waals surface area contributed by atoms with Crippen molar-refractivity contribution in [1.82, 2.24) is 5.32 Å². The van der Waals surface area contributed by atoms with Crippen LogP contribution in [0.3, 0.4) is 0 Å². The molecule has 32 heavy (non-hydrogen) atoms. The van der Waals surface area contributed by atoms with Gasteiger partial charge in [0.25, 0.3) is 5.91 Å². The molecule has 0 unspecified atom stereocenters. The molecule has 0 aliphatic carbocycles. The predicted octanol–water partition coefficient (Wildman–Crippen LogP) is 9.01. The summed E-state index contributed by atoms with van der Waals surface area (Å²) < 4.78 is 5.66. The van der Waals surface area contributed by atoms with Crippen LogP contribution in [0.15, 0.2) is 42.5 Å². The number of benzene rings is 3. The van der Waals surface area contributed by atoms with Gasteiger partial charge in [0.15, 0.2) is 5.75 Å². The molecule has 2 N–H and O–H groups in total. The van der Waals surface area contributed by atoms with Gasteiger partial charge in [0.2, 0.25) is 0 Å². The van der Waals surface area contributed by atoms with Crippen molar-refractivity contribution in [3.8, 4) is 11.5 Å². The molecular formula is C20H9Cl7N2O3. The Labute approximate surface area is 217 Å². The van der Waals surface area contributed by atoms with Gasteiger partial charge in [0.05, 0.1) is 41.4 Å². The number of rotatable bonds is 4. The fourth-order valence-electron chi connectivity index (χ4n) is 2.42. The summed E-state index contributed by atoms with van der Waals surface area (Å²) in [6, 6.07) is 9.41. The van der Waals surface area contributed by atoms with E-state index in [1.165, 1.54) is 30.3 Å². The number of carbonyl (C=O) groups is 2. The lowest BCUT2D eigenvalue weighted by Gasteiger charge is -2.16. The first kappa shape index (κ1) is 25.1. The molecule has 3 aromatic rings. The molecule has 0 bridgehead atoms. The number of urea groups is 1. The molecule has 0 fully saturated rings. The average molecular weight is 573 g/mol. The summed E-state index contributed by atoms with van der Waals surface area (Å²) in [5.74, 6) is -0.614. The van der Waals surface area contributed by atoms with E-state index in [-0.39, 0.29) is 57.9 Å². The number of carbonyl (C=O) groups excluding carboxylic acids is 2. The third kappa shape index (κ3) is 5.67. The number of imide groups is 1. The lowest BCUT2D eigenvalue weighted by atomic mass is 10.2. The topological polar surface area (TPSA) is 67.4 Å². The maximum absolute atomic E-state index is 12.3. The van der Waals surface area contributed by atoms with Crippen LogP contribution in [0.2, 0.25) is 35.2 Å². The smallest absolute Gasteiger partial charge is 0.326 e. The number of amides is 3. The van der Waals surface area contributed by atoms with Crippen LogP contribution in [0.25, 0.3) is 0 Å². The van der Waals surface area contributed by atoms with Crippen LogP contribution in [0.4, 0.5) is 10.5 Å². The zero-order valence-electron chi connectivity index (χ0n) is 15.4.